The molecule has 0 aromatic heterocycles. The molecule has 0 aliphatic rings. The van der Waals surface area contributed by atoms with Gasteiger partial charge in [0.2, 0.25) is 11.7 Å². The Morgan fingerprint density at radius 2 is 1.64 bits per heavy atom. The lowest BCUT2D eigenvalue weighted by Gasteiger charge is -2.14. The number of carbonyl (C=O) groups is 1. The molecule has 132 valence electrons. The van der Waals surface area contributed by atoms with Gasteiger partial charge in [0.15, 0.2) is 11.5 Å². The SMILES string of the molecule is COc1ccc(/C=C/C(=O)N[C@@H](C)c2ccccc2)c(OC)c1OC. The van der Waals surface area contributed by atoms with Crippen LogP contribution in [0.1, 0.15) is 24.1 Å². The molecule has 25 heavy (non-hydrogen) atoms. The van der Waals surface area contributed by atoms with E-state index in [4.69, 9.17) is 14.2 Å². The number of rotatable bonds is 7. The fourth-order valence-corrected chi connectivity index (χ4v) is 2.51. The predicted octanol–water partition coefficient (Wildman–Crippen LogP) is 3.60. The molecule has 1 amide bonds. The first-order valence-corrected chi connectivity index (χ1v) is 7.93. The Hall–Kier alpha value is -2.95. The first kappa shape index (κ1) is 18.4. The third-order valence-corrected chi connectivity index (χ3v) is 3.81. The van der Waals surface area contributed by atoms with E-state index in [-0.39, 0.29) is 11.9 Å². The topological polar surface area (TPSA) is 56.8 Å². The predicted molar refractivity (Wildman–Crippen MR) is 98.1 cm³/mol. The number of methoxy groups -OCH3 is 3. The summed E-state index contributed by atoms with van der Waals surface area (Å²) in [5.41, 5.74) is 1.77. The molecule has 0 radical (unpaired) electrons. The summed E-state index contributed by atoms with van der Waals surface area (Å²) in [6, 6.07) is 13.3. The lowest BCUT2D eigenvalue weighted by molar-refractivity contribution is -0.117. The Bertz CT molecular complexity index is 741. The summed E-state index contributed by atoms with van der Waals surface area (Å²) in [6.45, 7) is 1.94. The van der Waals surface area contributed by atoms with Crippen LogP contribution in [0.25, 0.3) is 6.08 Å². The van der Waals surface area contributed by atoms with Crippen molar-refractivity contribution < 1.29 is 19.0 Å². The Labute approximate surface area is 148 Å². The van der Waals surface area contributed by atoms with E-state index in [0.29, 0.717) is 17.2 Å². The molecule has 2 aromatic carbocycles. The van der Waals surface area contributed by atoms with Crippen LogP contribution in [-0.4, -0.2) is 27.2 Å². The van der Waals surface area contributed by atoms with Gasteiger partial charge < -0.3 is 19.5 Å². The average molecular weight is 341 g/mol. The van der Waals surface area contributed by atoms with Crippen molar-refractivity contribution in [1.29, 1.82) is 0 Å². The van der Waals surface area contributed by atoms with Crippen LogP contribution in [0.15, 0.2) is 48.5 Å². The molecule has 5 nitrogen and oxygen atoms in total. The highest BCUT2D eigenvalue weighted by molar-refractivity contribution is 5.92. The molecule has 0 aliphatic carbocycles. The second kappa shape index (κ2) is 8.78. The highest BCUT2D eigenvalue weighted by Crippen LogP contribution is 2.40. The lowest BCUT2D eigenvalue weighted by atomic mass is 10.1. The first-order valence-electron chi connectivity index (χ1n) is 7.93. The summed E-state index contributed by atoms with van der Waals surface area (Å²) in [5.74, 6) is 1.39. The molecule has 2 aromatic rings. The fraction of sp³-hybridized carbons (Fsp3) is 0.250. The molecule has 0 saturated heterocycles. The van der Waals surface area contributed by atoms with Crippen molar-refractivity contribution in [2.45, 2.75) is 13.0 Å². The molecule has 0 spiro atoms. The molecule has 0 heterocycles. The quantitative estimate of drug-likeness (QED) is 0.782. The Kier molecular flexibility index (Phi) is 6.46. The number of hydrogen-bond donors (Lipinski definition) is 1. The van der Waals surface area contributed by atoms with Crippen LogP contribution in [0.5, 0.6) is 17.2 Å². The number of amides is 1. The van der Waals surface area contributed by atoms with Crippen LogP contribution in [0, 0.1) is 0 Å². The van der Waals surface area contributed by atoms with E-state index in [2.05, 4.69) is 5.32 Å². The molecule has 0 fully saturated rings. The average Bonchev–Trinajstić information content (AvgIpc) is 2.65. The normalized spacial score (nSPS) is 11.8. The van der Waals surface area contributed by atoms with Crippen molar-refractivity contribution >= 4 is 12.0 Å². The maximum absolute atomic E-state index is 12.2. The number of carbonyl (C=O) groups excluding carboxylic acids is 1. The second-order valence-corrected chi connectivity index (χ2v) is 5.40. The van der Waals surface area contributed by atoms with E-state index in [1.165, 1.54) is 6.08 Å². The molecule has 0 aliphatic heterocycles. The van der Waals surface area contributed by atoms with E-state index in [1.807, 2.05) is 43.3 Å². The van der Waals surface area contributed by atoms with Crippen molar-refractivity contribution in [3.8, 4) is 17.2 Å². The lowest BCUT2D eigenvalue weighted by Crippen LogP contribution is -2.24. The number of ether oxygens (including phenoxy) is 3. The first-order chi connectivity index (χ1) is 12.1. The molecular weight excluding hydrogens is 318 g/mol. The van der Waals surface area contributed by atoms with Crippen LogP contribution >= 0.6 is 0 Å². The van der Waals surface area contributed by atoms with Crippen molar-refractivity contribution in [3.05, 3.63) is 59.7 Å². The van der Waals surface area contributed by atoms with Crippen molar-refractivity contribution in [2.75, 3.05) is 21.3 Å². The van der Waals surface area contributed by atoms with E-state index >= 15 is 0 Å². The third-order valence-electron chi connectivity index (χ3n) is 3.81. The smallest absolute Gasteiger partial charge is 0.244 e. The molecule has 5 heteroatoms. The molecule has 0 unspecified atom stereocenters. The highest BCUT2D eigenvalue weighted by atomic mass is 16.5. The summed E-state index contributed by atoms with van der Waals surface area (Å²) in [4.78, 5) is 12.2. The Morgan fingerprint density at radius 1 is 0.960 bits per heavy atom. The summed E-state index contributed by atoms with van der Waals surface area (Å²) in [5, 5.41) is 2.93. The van der Waals surface area contributed by atoms with Gasteiger partial charge in [-0.15, -0.1) is 0 Å². The molecule has 1 atom stereocenters. The maximum atomic E-state index is 12.2. The summed E-state index contributed by atoms with van der Waals surface area (Å²) in [7, 11) is 4.65. The van der Waals surface area contributed by atoms with Gasteiger partial charge in [-0.2, -0.15) is 0 Å². The van der Waals surface area contributed by atoms with Gasteiger partial charge >= 0.3 is 0 Å². The Balaban J connectivity index is 2.14. The minimum Gasteiger partial charge on any atom is -0.493 e. The van der Waals surface area contributed by atoms with Crippen LogP contribution in [0.3, 0.4) is 0 Å². The van der Waals surface area contributed by atoms with E-state index in [9.17, 15) is 4.79 Å². The van der Waals surface area contributed by atoms with Crippen LogP contribution in [-0.2, 0) is 4.79 Å². The molecule has 0 bridgehead atoms. The van der Waals surface area contributed by atoms with Crippen LogP contribution < -0.4 is 19.5 Å². The van der Waals surface area contributed by atoms with E-state index in [1.54, 1.807) is 33.5 Å². The van der Waals surface area contributed by atoms with Crippen LogP contribution in [0.4, 0.5) is 0 Å². The summed E-state index contributed by atoms with van der Waals surface area (Å²) < 4.78 is 16.0. The summed E-state index contributed by atoms with van der Waals surface area (Å²) >= 11 is 0. The fourth-order valence-electron chi connectivity index (χ4n) is 2.51. The van der Waals surface area contributed by atoms with Gasteiger partial charge in [0.1, 0.15) is 0 Å². The van der Waals surface area contributed by atoms with E-state index < -0.39 is 0 Å². The largest absolute Gasteiger partial charge is 0.493 e. The van der Waals surface area contributed by atoms with E-state index in [0.717, 1.165) is 11.1 Å². The van der Waals surface area contributed by atoms with Gasteiger partial charge in [-0.05, 0) is 30.7 Å². The highest BCUT2D eigenvalue weighted by Gasteiger charge is 2.14. The monoisotopic (exact) mass is 341 g/mol. The van der Waals surface area contributed by atoms with Crippen molar-refractivity contribution in [2.24, 2.45) is 0 Å². The van der Waals surface area contributed by atoms with Gasteiger partial charge in [-0.3, -0.25) is 4.79 Å². The number of hydrogen-bond acceptors (Lipinski definition) is 4. The second-order valence-electron chi connectivity index (χ2n) is 5.40. The zero-order valence-corrected chi connectivity index (χ0v) is 14.9. The Morgan fingerprint density at radius 3 is 2.24 bits per heavy atom. The number of benzene rings is 2. The van der Waals surface area contributed by atoms with Gasteiger partial charge in [0.25, 0.3) is 0 Å². The van der Waals surface area contributed by atoms with Gasteiger partial charge in [0.05, 0.1) is 27.4 Å². The van der Waals surface area contributed by atoms with Gasteiger partial charge in [0, 0.05) is 11.6 Å². The molecule has 2 rings (SSSR count). The minimum absolute atomic E-state index is 0.0781. The van der Waals surface area contributed by atoms with Crippen LogP contribution in [0.2, 0.25) is 0 Å². The molecular formula is C20H23NO4. The summed E-state index contributed by atoms with van der Waals surface area (Å²) in [6.07, 6.45) is 3.16. The third kappa shape index (κ3) is 4.53. The minimum atomic E-state index is -0.187. The number of nitrogens with one attached hydrogen (secondary N) is 1. The molecule has 0 saturated carbocycles. The van der Waals surface area contributed by atoms with Crippen molar-refractivity contribution in [3.63, 3.8) is 0 Å². The zero-order chi connectivity index (χ0) is 18.2. The van der Waals surface area contributed by atoms with Gasteiger partial charge in [-0.1, -0.05) is 30.3 Å². The van der Waals surface area contributed by atoms with Crippen molar-refractivity contribution in [1.82, 2.24) is 5.32 Å². The zero-order valence-electron chi connectivity index (χ0n) is 14.9. The maximum Gasteiger partial charge on any atom is 0.244 e. The molecule has 1 N–H and O–H groups in total. The van der Waals surface area contributed by atoms with Gasteiger partial charge in [-0.25, -0.2) is 0 Å². The standard InChI is InChI=1S/C20H23NO4/c1-14(15-8-6-5-7-9-15)21-18(22)13-11-16-10-12-17(23-2)20(25-4)19(16)24-3/h5-14H,1-4H3,(H,21,22)/b13-11+/t14-/m0/s1.